The first-order valence-corrected chi connectivity index (χ1v) is 8.02. The molecule has 1 aliphatic heterocycles. The van der Waals surface area contributed by atoms with Crippen LogP contribution in [0.2, 0.25) is 5.02 Å². The highest BCUT2D eigenvalue weighted by atomic mass is 35.5. The average Bonchev–Trinajstić information content (AvgIpc) is 2.47. The molecule has 4 nitrogen and oxygen atoms in total. The van der Waals surface area contributed by atoms with Gasteiger partial charge in [-0.3, -0.25) is 4.79 Å². The van der Waals surface area contributed by atoms with Crippen LogP contribution in [0.4, 0.5) is 0 Å². The van der Waals surface area contributed by atoms with Gasteiger partial charge in [0.25, 0.3) is 5.91 Å². The van der Waals surface area contributed by atoms with E-state index in [0.29, 0.717) is 23.6 Å². The first-order valence-electron chi connectivity index (χ1n) is 6.42. The van der Waals surface area contributed by atoms with E-state index < -0.39 is 12.0 Å². The van der Waals surface area contributed by atoms with Gasteiger partial charge in [-0.25, -0.2) is 4.79 Å². The fourth-order valence-corrected chi connectivity index (χ4v) is 3.02. The summed E-state index contributed by atoms with van der Waals surface area (Å²) in [6.45, 7) is 0.468. The number of carboxylic acids is 1. The molecule has 0 saturated carbocycles. The summed E-state index contributed by atoms with van der Waals surface area (Å²) >= 11 is 7.61. The van der Waals surface area contributed by atoms with Crippen LogP contribution in [0.15, 0.2) is 23.1 Å². The number of hydrogen-bond acceptors (Lipinski definition) is 3. The number of benzene rings is 1. The fraction of sp³-hybridized carbons (Fsp3) is 0.429. The zero-order valence-corrected chi connectivity index (χ0v) is 12.7. The first-order chi connectivity index (χ1) is 9.54. The Bertz CT molecular complexity index is 535. The fourth-order valence-electron chi connectivity index (χ4n) is 2.38. The number of nitrogens with zero attached hydrogens (tertiary/aromatic N) is 1. The highest BCUT2D eigenvalue weighted by Gasteiger charge is 2.33. The molecule has 0 aliphatic carbocycles. The Morgan fingerprint density at radius 1 is 1.40 bits per heavy atom. The monoisotopic (exact) mass is 313 g/mol. The quantitative estimate of drug-likeness (QED) is 0.871. The van der Waals surface area contributed by atoms with E-state index in [2.05, 4.69) is 0 Å². The smallest absolute Gasteiger partial charge is 0.326 e. The second kappa shape index (κ2) is 6.50. The summed E-state index contributed by atoms with van der Waals surface area (Å²) < 4.78 is 0. The van der Waals surface area contributed by atoms with Crippen LogP contribution in [-0.4, -0.2) is 40.7 Å². The zero-order chi connectivity index (χ0) is 14.7. The molecule has 0 radical (unpaired) electrons. The third kappa shape index (κ3) is 3.10. The summed E-state index contributed by atoms with van der Waals surface area (Å²) in [5, 5.41) is 9.61. The van der Waals surface area contributed by atoms with Crippen molar-refractivity contribution in [3.05, 3.63) is 28.8 Å². The van der Waals surface area contributed by atoms with Gasteiger partial charge in [-0.2, -0.15) is 0 Å². The number of piperidine rings is 1. The molecule has 0 aromatic heterocycles. The molecular formula is C14H16ClNO3S. The van der Waals surface area contributed by atoms with E-state index in [1.165, 1.54) is 16.7 Å². The predicted octanol–water partition coefficient (Wildman–Crippen LogP) is 3.14. The Balaban J connectivity index is 2.31. The molecule has 1 N–H and O–H groups in total. The number of carbonyl (C=O) groups is 2. The van der Waals surface area contributed by atoms with Crippen LogP contribution >= 0.6 is 23.4 Å². The van der Waals surface area contributed by atoms with Crippen molar-refractivity contribution in [2.45, 2.75) is 30.2 Å². The van der Waals surface area contributed by atoms with Crippen LogP contribution in [0, 0.1) is 0 Å². The third-order valence-electron chi connectivity index (χ3n) is 3.45. The van der Waals surface area contributed by atoms with Crippen LogP contribution in [0.3, 0.4) is 0 Å². The molecule has 20 heavy (non-hydrogen) atoms. The highest BCUT2D eigenvalue weighted by molar-refractivity contribution is 7.98. The topological polar surface area (TPSA) is 57.6 Å². The highest BCUT2D eigenvalue weighted by Crippen LogP contribution is 2.27. The Morgan fingerprint density at radius 3 is 2.80 bits per heavy atom. The minimum Gasteiger partial charge on any atom is -0.480 e. The summed E-state index contributed by atoms with van der Waals surface area (Å²) in [6, 6.07) is 4.50. The summed E-state index contributed by atoms with van der Waals surface area (Å²) in [5.74, 6) is -1.24. The van der Waals surface area contributed by atoms with Gasteiger partial charge >= 0.3 is 5.97 Å². The third-order valence-corrected chi connectivity index (χ3v) is 4.51. The maximum absolute atomic E-state index is 12.6. The van der Waals surface area contributed by atoms with Gasteiger partial charge in [0.05, 0.1) is 10.6 Å². The lowest BCUT2D eigenvalue weighted by Gasteiger charge is -2.33. The number of rotatable bonds is 3. The maximum atomic E-state index is 12.6. The van der Waals surface area contributed by atoms with Crippen LogP contribution in [-0.2, 0) is 4.79 Å². The molecule has 0 bridgehead atoms. The molecular weight excluding hydrogens is 298 g/mol. The number of amides is 1. The van der Waals surface area contributed by atoms with Crippen molar-refractivity contribution in [2.75, 3.05) is 12.8 Å². The summed E-state index contributed by atoms with van der Waals surface area (Å²) in [7, 11) is 0. The molecule has 1 aromatic carbocycles. The number of aliphatic carboxylic acids is 1. The van der Waals surface area contributed by atoms with Crippen molar-refractivity contribution < 1.29 is 14.7 Å². The molecule has 0 spiro atoms. The standard InChI is InChI=1S/C14H16ClNO3S/c1-20-9-5-6-11(15)10(8-9)13(17)16-7-3-2-4-12(16)14(18)19/h5-6,8,12H,2-4,7H2,1H3,(H,18,19)/t12-/m0/s1. The van der Waals surface area contributed by atoms with Crippen LogP contribution in [0.5, 0.6) is 0 Å². The van der Waals surface area contributed by atoms with Crippen molar-refractivity contribution >= 4 is 35.2 Å². The molecule has 1 heterocycles. The molecule has 1 fully saturated rings. The van der Waals surface area contributed by atoms with Gasteiger partial charge < -0.3 is 10.0 Å². The molecule has 1 aromatic rings. The Morgan fingerprint density at radius 2 is 2.15 bits per heavy atom. The molecule has 6 heteroatoms. The molecule has 1 saturated heterocycles. The van der Waals surface area contributed by atoms with Gasteiger partial charge in [0, 0.05) is 11.4 Å². The SMILES string of the molecule is CSc1ccc(Cl)c(C(=O)N2CCCC[C@H]2C(=O)O)c1. The Labute approximate surface area is 127 Å². The molecule has 1 amide bonds. The van der Waals surface area contributed by atoms with E-state index in [1.54, 1.807) is 12.1 Å². The normalized spacial score (nSPS) is 18.9. The van der Waals surface area contributed by atoms with Crippen LogP contribution in [0.1, 0.15) is 29.6 Å². The number of thioether (sulfide) groups is 1. The van der Waals surface area contributed by atoms with Crippen LogP contribution < -0.4 is 0 Å². The van der Waals surface area contributed by atoms with Gasteiger partial charge in [0.1, 0.15) is 6.04 Å². The lowest BCUT2D eigenvalue weighted by atomic mass is 10.0. The zero-order valence-electron chi connectivity index (χ0n) is 11.1. The summed E-state index contributed by atoms with van der Waals surface area (Å²) in [5.41, 5.74) is 0.381. The van der Waals surface area contributed by atoms with Gasteiger partial charge in [-0.1, -0.05) is 11.6 Å². The second-order valence-electron chi connectivity index (χ2n) is 4.69. The molecule has 1 aliphatic rings. The van der Waals surface area contributed by atoms with Gasteiger partial charge in [-0.15, -0.1) is 11.8 Å². The van der Waals surface area contributed by atoms with Crippen LogP contribution in [0.25, 0.3) is 0 Å². The Kier molecular flexibility index (Phi) is 4.94. The summed E-state index contributed by atoms with van der Waals surface area (Å²) in [6.07, 6.45) is 4.08. The van der Waals surface area contributed by atoms with E-state index in [9.17, 15) is 14.7 Å². The van der Waals surface area contributed by atoms with Gasteiger partial charge in [-0.05, 0) is 43.7 Å². The number of likely N-dealkylation sites (tertiary alicyclic amines) is 1. The number of halogens is 1. The molecule has 1 atom stereocenters. The molecule has 2 rings (SSSR count). The largest absolute Gasteiger partial charge is 0.480 e. The van der Waals surface area contributed by atoms with E-state index in [4.69, 9.17) is 11.6 Å². The summed E-state index contributed by atoms with van der Waals surface area (Å²) in [4.78, 5) is 26.2. The van der Waals surface area contributed by atoms with E-state index in [0.717, 1.165) is 17.7 Å². The van der Waals surface area contributed by atoms with Gasteiger partial charge in [0.2, 0.25) is 0 Å². The molecule has 0 unspecified atom stereocenters. The minimum atomic E-state index is -0.949. The lowest BCUT2D eigenvalue weighted by molar-refractivity contribution is -0.143. The lowest BCUT2D eigenvalue weighted by Crippen LogP contribution is -2.48. The van der Waals surface area contributed by atoms with Crippen molar-refractivity contribution in [3.63, 3.8) is 0 Å². The van der Waals surface area contributed by atoms with Crippen molar-refractivity contribution in [1.82, 2.24) is 4.90 Å². The number of hydrogen-bond donors (Lipinski definition) is 1. The average molecular weight is 314 g/mol. The number of carbonyl (C=O) groups excluding carboxylic acids is 1. The second-order valence-corrected chi connectivity index (χ2v) is 5.98. The van der Waals surface area contributed by atoms with Crippen molar-refractivity contribution in [1.29, 1.82) is 0 Å². The first kappa shape index (κ1) is 15.2. The van der Waals surface area contributed by atoms with E-state index in [-0.39, 0.29) is 5.91 Å². The van der Waals surface area contributed by atoms with Crippen molar-refractivity contribution in [3.8, 4) is 0 Å². The minimum absolute atomic E-state index is 0.294. The van der Waals surface area contributed by atoms with E-state index >= 15 is 0 Å². The predicted molar refractivity (Wildman–Crippen MR) is 79.5 cm³/mol. The van der Waals surface area contributed by atoms with E-state index in [1.807, 2.05) is 12.3 Å². The van der Waals surface area contributed by atoms with Crippen molar-refractivity contribution in [2.24, 2.45) is 0 Å². The Hall–Kier alpha value is -1.20. The molecule has 108 valence electrons. The number of carboxylic acid groups (broad SMARTS) is 1. The maximum Gasteiger partial charge on any atom is 0.326 e. The van der Waals surface area contributed by atoms with Gasteiger partial charge in [0.15, 0.2) is 0 Å².